The van der Waals surface area contributed by atoms with E-state index in [0.717, 1.165) is 4.90 Å². The zero-order valence-electron chi connectivity index (χ0n) is 12.6. The molecule has 2 N–H and O–H groups in total. The lowest BCUT2D eigenvalue weighted by Crippen LogP contribution is -2.39. The molecule has 0 aliphatic carbocycles. The Balaban J connectivity index is 1.83. The summed E-state index contributed by atoms with van der Waals surface area (Å²) in [5.41, 5.74) is -0.769. The Labute approximate surface area is 137 Å². The summed E-state index contributed by atoms with van der Waals surface area (Å²) in [5, 5.41) is 13.0. The Morgan fingerprint density at radius 3 is 2.17 bits per heavy atom. The zero-order chi connectivity index (χ0) is 16.9. The van der Waals surface area contributed by atoms with Crippen LogP contribution in [-0.2, 0) is 10.4 Å². The van der Waals surface area contributed by atoms with E-state index in [2.05, 4.69) is 5.32 Å². The van der Waals surface area contributed by atoms with Crippen LogP contribution in [0.15, 0.2) is 53.4 Å². The number of thioether (sulfide) groups is 1. The van der Waals surface area contributed by atoms with Crippen molar-refractivity contribution in [2.45, 2.75) is 17.4 Å². The molecule has 0 saturated heterocycles. The van der Waals surface area contributed by atoms with Crippen molar-refractivity contribution < 1.29 is 18.7 Å². The van der Waals surface area contributed by atoms with Crippen molar-refractivity contribution in [1.29, 1.82) is 0 Å². The zero-order valence-corrected chi connectivity index (χ0v) is 13.4. The number of hydrogen-bond acceptors (Lipinski definition) is 3. The maximum atomic E-state index is 12.9. The van der Waals surface area contributed by atoms with Crippen LogP contribution in [0.4, 0.5) is 8.78 Å². The Morgan fingerprint density at radius 2 is 1.61 bits per heavy atom. The Hall–Kier alpha value is -1.92. The summed E-state index contributed by atoms with van der Waals surface area (Å²) in [6.45, 7) is 1.56. The van der Waals surface area contributed by atoms with Gasteiger partial charge in [0.1, 0.15) is 17.2 Å². The monoisotopic (exact) mass is 337 g/mol. The number of carbonyl (C=O) groups is 1. The fraction of sp³-hybridized carbons (Fsp3) is 0.235. The van der Waals surface area contributed by atoms with Crippen molar-refractivity contribution in [3.05, 3.63) is 65.7 Å². The molecule has 0 fully saturated rings. The lowest BCUT2D eigenvalue weighted by atomic mass is 9.96. The number of halogens is 2. The molecule has 0 spiro atoms. The van der Waals surface area contributed by atoms with Gasteiger partial charge in [0.15, 0.2) is 0 Å². The predicted molar refractivity (Wildman–Crippen MR) is 86.1 cm³/mol. The van der Waals surface area contributed by atoms with Gasteiger partial charge in [0.2, 0.25) is 5.91 Å². The molecule has 2 aromatic rings. The first-order valence-electron chi connectivity index (χ1n) is 7.00. The van der Waals surface area contributed by atoms with Crippen molar-refractivity contribution in [2.75, 3.05) is 12.3 Å². The second-order valence-corrected chi connectivity index (χ2v) is 6.35. The summed E-state index contributed by atoms with van der Waals surface area (Å²) in [6.07, 6.45) is 0. The molecule has 0 radical (unpaired) electrons. The molecule has 23 heavy (non-hydrogen) atoms. The van der Waals surface area contributed by atoms with Crippen LogP contribution in [0.2, 0.25) is 0 Å². The highest BCUT2D eigenvalue weighted by molar-refractivity contribution is 8.00. The molecular formula is C17H17F2NO2S. The quantitative estimate of drug-likeness (QED) is 0.797. The maximum absolute atomic E-state index is 12.9. The molecular weight excluding hydrogens is 320 g/mol. The first-order valence-corrected chi connectivity index (χ1v) is 7.99. The topological polar surface area (TPSA) is 49.3 Å². The second-order valence-electron chi connectivity index (χ2n) is 5.30. The van der Waals surface area contributed by atoms with Crippen LogP contribution in [0.1, 0.15) is 12.5 Å². The largest absolute Gasteiger partial charge is 0.384 e. The molecule has 3 nitrogen and oxygen atoms in total. The van der Waals surface area contributed by atoms with E-state index in [9.17, 15) is 18.7 Å². The summed E-state index contributed by atoms with van der Waals surface area (Å²) < 4.78 is 25.7. The molecule has 0 saturated carbocycles. The summed E-state index contributed by atoms with van der Waals surface area (Å²) >= 11 is 1.28. The maximum Gasteiger partial charge on any atom is 0.230 e. The van der Waals surface area contributed by atoms with Crippen LogP contribution < -0.4 is 5.32 Å². The third-order valence-corrected chi connectivity index (χ3v) is 4.29. The average Bonchev–Trinajstić information content (AvgIpc) is 2.53. The fourth-order valence-electron chi connectivity index (χ4n) is 1.91. The predicted octanol–water partition coefficient (Wildman–Crippen LogP) is 3.08. The third-order valence-electron chi connectivity index (χ3n) is 3.28. The van der Waals surface area contributed by atoms with Crippen molar-refractivity contribution >= 4 is 17.7 Å². The Bertz CT molecular complexity index is 657. The van der Waals surface area contributed by atoms with E-state index in [1.165, 1.54) is 48.2 Å². The minimum Gasteiger partial charge on any atom is -0.384 e. The van der Waals surface area contributed by atoms with Gasteiger partial charge in [0, 0.05) is 4.90 Å². The summed E-state index contributed by atoms with van der Waals surface area (Å²) in [7, 11) is 0. The molecule has 122 valence electrons. The van der Waals surface area contributed by atoms with Crippen molar-refractivity contribution in [1.82, 2.24) is 5.32 Å². The van der Waals surface area contributed by atoms with Gasteiger partial charge in [-0.3, -0.25) is 4.79 Å². The molecule has 2 aromatic carbocycles. The van der Waals surface area contributed by atoms with Crippen LogP contribution in [0.5, 0.6) is 0 Å². The Morgan fingerprint density at radius 1 is 1.09 bits per heavy atom. The summed E-state index contributed by atoms with van der Waals surface area (Å²) in [6, 6.07) is 11.3. The van der Waals surface area contributed by atoms with Crippen LogP contribution in [0.25, 0.3) is 0 Å². The van der Waals surface area contributed by atoms with Crippen LogP contribution in [0, 0.1) is 11.6 Å². The van der Waals surface area contributed by atoms with E-state index >= 15 is 0 Å². The number of rotatable bonds is 6. The Kier molecular flexibility index (Phi) is 5.74. The third kappa shape index (κ3) is 5.33. The molecule has 0 aromatic heterocycles. The standard InChI is InChI=1S/C17H17F2NO2S/c1-17(22,12-2-4-13(18)5-3-12)11-20-16(21)10-23-15-8-6-14(19)7-9-15/h2-9,22H,10-11H2,1H3,(H,20,21). The molecule has 0 aliphatic rings. The van der Waals surface area contributed by atoms with Crippen LogP contribution >= 0.6 is 11.8 Å². The molecule has 0 aliphatic heterocycles. The number of nitrogens with one attached hydrogen (secondary N) is 1. The smallest absolute Gasteiger partial charge is 0.230 e. The normalized spacial score (nSPS) is 13.4. The molecule has 0 heterocycles. The highest BCUT2D eigenvalue weighted by Gasteiger charge is 2.23. The number of carbonyl (C=O) groups excluding carboxylic acids is 1. The minimum atomic E-state index is -1.29. The molecule has 1 atom stereocenters. The van der Waals surface area contributed by atoms with Crippen LogP contribution in [0.3, 0.4) is 0 Å². The van der Waals surface area contributed by atoms with E-state index in [1.807, 2.05) is 0 Å². The lowest BCUT2D eigenvalue weighted by molar-refractivity contribution is -0.119. The second kappa shape index (κ2) is 7.57. The molecule has 1 unspecified atom stereocenters. The van der Waals surface area contributed by atoms with Gasteiger partial charge in [-0.05, 0) is 48.9 Å². The SMILES string of the molecule is CC(O)(CNC(=O)CSc1ccc(F)cc1)c1ccc(F)cc1. The minimum absolute atomic E-state index is 0.0153. The highest BCUT2D eigenvalue weighted by atomic mass is 32.2. The first-order chi connectivity index (χ1) is 10.9. The van der Waals surface area contributed by atoms with Gasteiger partial charge < -0.3 is 10.4 Å². The van der Waals surface area contributed by atoms with E-state index in [1.54, 1.807) is 19.1 Å². The summed E-state index contributed by atoms with van der Waals surface area (Å²) in [4.78, 5) is 12.6. The molecule has 6 heteroatoms. The summed E-state index contributed by atoms with van der Waals surface area (Å²) in [5.74, 6) is -0.800. The van der Waals surface area contributed by atoms with Gasteiger partial charge in [-0.25, -0.2) is 8.78 Å². The van der Waals surface area contributed by atoms with Gasteiger partial charge in [-0.2, -0.15) is 0 Å². The highest BCUT2D eigenvalue weighted by Crippen LogP contribution is 2.21. The van der Waals surface area contributed by atoms with Gasteiger partial charge in [-0.1, -0.05) is 12.1 Å². The van der Waals surface area contributed by atoms with Gasteiger partial charge in [-0.15, -0.1) is 11.8 Å². The molecule has 0 bridgehead atoms. The van der Waals surface area contributed by atoms with Crippen LogP contribution in [-0.4, -0.2) is 23.3 Å². The lowest BCUT2D eigenvalue weighted by Gasteiger charge is -2.24. The average molecular weight is 337 g/mol. The fourth-order valence-corrected chi connectivity index (χ4v) is 2.64. The number of amides is 1. The van der Waals surface area contributed by atoms with Crippen molar-refractivity contribution in [3.63, 3.8) is 0 Å². The van der Waals surface area contributed by atoms with Gasteiger partial charge in [0.05, 0.1) is 12.3 Å². The van der Waals surface area contributed by atoms with Crippen molar-refractivity contribution in [2.24, 2.45) is 0 Å². The van der Waals surface area contributed by atoms with E-state index in [-0.39, 0.29) is 29.8 Å². The van der Waals surface area contributed by atoms with Gasteiger partial charge in [0.25, 0.3) is 0 Å². The molecule has 2 rings (SSSR count). The number of hydrogen-bond donors (Lipinski definition) is 2. The van der Waals surface area contributed by atoms with Gasteiger partial charge >= 0.3 is 0 Å². The van der Waals surface area contributed by atoms with E-state index in [4.69, 9.17) is 0 Å². The van der Waals surface area contributed by atoms with Crippen molar-refractivity contribution in [3.8, 4) is 0 Å². The number of benzene rings is 2. The number of aliphatic hydroxyl groups is 1. The van der Waals surface area contributed by atoms with E-state index in [0.29, 0.717) is 5.56 Å². The van der Waals surface area contributed by atoms with E-state index < -0.39 is 5.60 Å². The molecule has 1 amide bonds. The first kappa shape index (κ1) is 17.4.